The van der Waals surface area contributed by atoms with Gasteiger partial charge in [-0.25, -0.2) is 4.79 Å². The summed E-state index contributed by atoms with van der Waals surface area (Å²) in [4.78, 5) is 15.9. The Bertz CT molecular complexity index is 466. The van der Waals surface area contributed by atoms with Gasteiger partial charge in [-0.05, 0) is 17.5 Å². The molecule has 1 atom stereocenters. The maximum Gasteiger partial charge on any atom is 0.580 e. The van der Waals surface area contributed by atoms with Gasteiger partial charge in [-0.2, -0.15) is 13.2 Å². The largest absolute Gasteiger partial charge is 0.580 e. The van der Waals surface area contributed by atoms with Gasteiger partial charge in [0.2, 0.25) is 6.54 Å². The SMILES string of the molecule is CCCCCC[N+]1=C(F)[N+](CCCCCC)(OC(=O)C(F)(F)F)CC1. The molecule has 146 valence electrons. The number of carbonyl (C=O) groups excluding carboxylic acids is 1. The van der Waals surface area contributed by atoms with Crippen LogP contribution in [-0.2, 0) is 9.63 Å². The van der Waals surface area contributed by atoms with Crippen molar-refractivity contribution in [2.75, 3.05) is 26.2 Å². The zero-order valence-electron chi connectivity index (χ0n) is 15.2. The number of carbonyl (C=O) groups is 1. The molecule has 25 heavy (non-hydrogen) atoms. The number of hydrogen-bond acceptors (Lipinski definition) is 2. The summed E-state index contributed by atoms with van der Waals surface area (Å²) in [5.41, 5.74) is 0. The number of hydrogen-bond donors (Lipinski definition) is 0. The molecule has 0 bridgehead atoms. The van der Waals surface area contributed by atoms with E-state index in [4.69, 9.17) is 0 Å². The van der Waals surface area contributed by atoms with Crippen LogP contribution in [0.5, 0.6) is 0 Å². The Balaban J connectivity index is 2.83. The van der Waals surface area contributed by atoms with E-state index in [0.29, 0.717) is 13.0 Å². The molecule has 1 unspecified atom stereocenters. The van der Waals surface area contributed by atoms with Crippen molar-refractivity contribution in [2.24, 2.45) is 0 Å². The number of halogens is 4. The molecule has 0 spiro atoms. The van der Waals surface area contributed by atoms with Gasteiger partial charge in [0, 0.05) is 12.8 Å². The molecule has 1 aliphatic heterocycles. The van der Waals surface area contributed by atoms with Crippen LogP contribution in [0.15, 0.2) is 0 Å². The van der Waals surface area contributed by atoms with Crippen molar-refractivity contribution in [1.29, 1.82) is 0 Å². The van der Waals surface area contributed by atoms with Crippen LogP contribution in [0.25, 0.3) is 0 Å². The van der Waals surface area contributed by atoms with E-state index in [1.54, 1.807) is 0 Å². The Labute approximate surface area is 147 Å². The van der Waals surface area contributed by atoms with Crippen molar-refractivity contribution in [2.45, 2.75) is 71.4 Å². The average Bonchev–Trinajstić information content (AvgIpc) is 2.84. The second kappa shape index (κ2) is 10.1. The topological polar surface area (TPSA) is 29.3 Å². The van der Waals surface area contributed by atoms with Gasteiger partial charge in [0.1, 0.15) is 6.54 Å². The first-order valence-electron chi connectivity index (χ1n) is 9.22. The Kier molecular flexibility index (Phi) is 8.82. The maximum atomic E-state index is 14.8. The lowest BCUT2D eigenvalue weighted by molar-refractivity contribution is -1.02. The third-order valence-corrected chi connectivity index (χ3v) is 4.47. The number of nitrogens with zero attached hydrogens (tertiary/aromatic N) is 2. The molecule has 0 saturated heterocycles. The van der Waals surface area contributed by atoms with Crippen LogP contribution in [0.4, 0.5) is 17.6 Å². The highest BCUT2D eigenvalue weighted by molar-refractivity contribution is 5.75. The quantitative estimate of drug-likeness (QED) is 0.178. The van der Waals surface area contributed by atoms with E-state index in [2.05, 4.69) is 11.8 Å². The predicted molar refractivity (Wildman–Crippen MR) is 86.5 cm³/mol. The first kappa shape index (κ1) is 21.9. The number of unbranched alkanes of at least 4 members (excludes halogenated alkanes) is 6. The minimum absolute atomic E-state index is 0.0214. The second-order valence-corrected chi connectivity index (χ2v) is 6.59. The predicted octanol–water partition coefficient (Wildman–Crippen LogP) is 4.34. The minimum atomic E-state index is -5.12. The zero-order valence-corrected chi connectivity index (χ0v) is 15.2. The molecule has 4 nitrogen and oxygen atoms in total. The van der Waals surface area contributed by atoms with Crippen LogP contribution in [0, 0.1) is 0 Å². The molecule has 0 saturated carbocycles. The van der Waals surface area contributed by atoms with Gasteiger partial charge < -0.3 is 0 Å². The Morgan fingerprint density at radius 1 is 1.08 bits per heavy atom. The Morgan fingerprint density at radius 3 is 2.24 bits per heavy atom. The summed E-state index contributed by atoms with van der Waals surface area (Å²) in [7, 11) is 0. The highest BCUT2D eigenvalue weighted by Gasteiger charge is 2.57. The fourth-order valence-electron chi connectivity index (χ4n) is 3.00. The first-order valence-corrected chi connectivity index (χ1v) is 9.22. The lowest BCUT2D eigenvalue weighted by Crippen LogP contribution is -2.53. The van der Waals surface area contributed by atoms with Gasteiger partial charge >= 0.3 is 18.2 Å². The van der Waals surface area contributed by atoms with Crippen molar-refractivity contribution < 1.29 is 36.4 Å². The fraction of sp³-hybridized carbons (Fsp3) is 0.882. The standard InChI is InChI=1S/C17H30F4N2O2/c1-3-5-7-9-11-22-12-14-23(16(22)18,13-10-8-6-4-2)25-15(24)17(19,20)21/h3-14H2,1-2H3/q+2. The monoisotopic (exact) mass is 370 g/mol. The highest BCUT2D eigenvalue weighted by Crippen LogP contribution is 2.25. The molecule has 0 aromatic carbocycles. The summed E-state index contributed by atoms with van der Waals surface area (Å²) in [6.45, 7) is 4.83. The van der Waals surface area contributed by atoms with Crippen molar-refractivity contribution in [3.8, 4) is 0 Å². The summed E-state index contributed by atoms with van der Waals surface area (Å²) in [5.74, 6) is -2.33. The van der Waals surface area contributed by atoms with E-state index in [0.717, 1.165) is 44.9 Å². The number of rotatable bonds is 11. The normalized spacial score (nSPS) is 21.0. The molecular formula is C17H30F4N2O2+2. The number of alkyl halides is 3. The number of hydroxylamine groups is 3. The molecule has 0 N–H and O–H groups in total. The van der Waals surface area contributed by atoms with E-state index in [9.17, 15) is 22.4 Å². The van der Waals surface area contributed by atoms with Gasteiger partial charge in [-0.15, -0.1) is 4.58 Å². The van der Waals surface area contributed by atoms with Gasteiger partial charge in [0.25, 0.3) is 0 Å². The lowest BCUT2D eigenvalue weighted by atomic mass is 10.2. The van der Waals surface area contributed by atoms with E-state index >= 15 is 0 Å². The van der Waals surface area contributed by atoms with Crippen LogP contribution >= 0.6 is 0 Å². The molecule has 0 aromatic rings. The van der Waals surface area contributed by atoms with Crippen molar-refractivity contribution in [3.63, 3.8) is 0 Å². The summed E-state index contributed by atoms with van der Waals surface area (Å²) in [6.07, 6.45) is 1.05. The third-order valence-electron chi connectivity index (χ3n) is 4.47. The molecule has 1 rings (SSSR count). The second-order valence-electron chi connectivity index (χ2n) is 6.59. The average molecular weight is 370 g/mol. The molecule has 1 aliphatic rings. The summed E-state index contributed by atoms with van der Waals surface area (Å²) < 4.78 is 53.1. The molecular weight excluding hydrogens is 340 g/mol. The van der Waals surface area contributed by atoms with Crippen molar-refractivity contribution >= 4 is 12.1 Å². The van der Waals surface area contributed by atoms with E-state index in [-0.39, 0.29) is 19.6 Å². The number of amidine groups is 1. The fourth-order valence-corrected chi connectivity index (χ4v) is 3.00. The smallest absolute Gasteiger partial charge is 0.253 e. The third kappa shape index (κ3) is 6.56. The van der Waals surface area contributed by atoms with E-state index in [1.807, 2.05) is 6.92 Å². The van der Waals surface area contributed by atoms with Gasteiger partial charge in [0.15, 0.2) is 13.1 Å². The molecule has 0 aromatic heterocycles. The van der Waals surface area contributed by atoms with Crippen LogP contribution in [0.2, 0.25) is 0 Å². The molecule has 8 heteroatoms. The van der Waals surface area contributed by atoms with Crippen LogP contribution in [-0.4, -0.2) is 53.6 Å². The molecule has 0 radical (unpaired) electrons. The van der Waals surface area contributed by atoms with E-state index < -0.39 is 22.9 Å². The van der Waals surface area contributed by atoms with Crippen LogP contribution < -0.4 is 0 Å². The van der Waals surface area contributed by atoms with E-state index in [1.165, 1.54) is 4.58 Å². The van der Waals surface area contributed by atoms with Crippen molar-refractivity contribution in [1.82, 2.24) is 0 Å². The molecule has 1 heterocycles. The Morgan fingerprint density at radius 2 is 1.68 bits per heavy atom. The molecule has 0 amide bonds. The first-order chi connectivity index (χ1) is 11.8. The molecule has 0 fully saturated rings. The minimum Gasteiger partial charge on any atom is -0.253 e. The summed E-state index contributed by atoms with van der Waals surface area (Å²) in [5, 5.41) is 0. The lowest BCUT2D eigenvalue weighted by Gasteiger charge is -2.24. The van der Waals surface area contributed by atoms with Crippen molar-refractivity contribution in [3.05, 3.63) is 0 Å². The zero-order chi connectivity index (χ0) is 18.9. The van der Waals surface area contributed by atoms with Gasteiger partial charge in [-0.1, -0.05) is 43.9 Å². The van der Waals surface area contributed by atoms with Crippen LogP contribution in [0.1, 0.15) is 65.2 Å². The van der Waals surface area contributed by atoms with Gasteiger partial charge in [-0.3, -0.25) is 4.84 Å². The Hall–Kier alpha value is -1.18. The van der Waals surface area contributed by atoms with Gasteiger partial charge in [0.05, 0.1) is 0 Å². The number of quaternary nitrogens is 1. The molecule has 0 aliphatic carbocycles. The highest BCUT2D eigenvalue weighted by atomic mass is 19.4. The summed E-state index contributed by atoms with van der Waals surface area (Å²) >= 11 is 0. The maximum absolute atomic E-state index is 14.8. The summed E-state index contributed by atoms with van der Waals surface area (Å²) in [6, 6.07) is 0. The van der Waals surface area contributed by atoms with Crippen LogP contribution in [0.3, 0.4) is 0 Å².